The molecule has 1 aliphatic heterocycles. The molecule has 0 bridgehead atoms. The number of nitrogens with zero attached hydrogens (tertiary/aromatic N) is 1. The molecule has 1 atom stereocenters. The van der Waals surface area contributed by atoms with Crippen molar-refractivity contribution in [1.82, 2.24) is 15.5 Å². The average molecular weight is 224 g/mol. The summed E-state index contributed by atoms with van der Waals surface area (Å²) < 4.78 is 0. The molecular formula is C11H20N4O. The van der Waals surface area contributed by atoms with Crippen LogP contribution in [0, 0.1) is 0 Å². The molecule has 0 aromatic carbocycles. The Kier molecular flexibility index (Phi) is 5.01. The summed E-state index contributed by atoms with van der Waals surface area (Å²) in [6.45, 7) is 1.04. The molecule has 1 heterocycles. The zero-order valence-electron chi connectivity index (χ0n) is 9.86. The summed E-state index contributed by atoms with van der Waals surface area (Å²) in [5, 5.41) is 5.91. The Balaban J connectivity index is 2.32. The lowest BCUT2D eigenvalue weighted by molar-refractivity contribution is -0.118. The van der Waals surface area contributed by atoms with E-state index in [1.807, 2.05) is 12.3 Å². The second kappa shape index (κ2) is 6.30. The van der Waals surface area contributed by atoms with Crippen LogP contribution in [0.3, 0.4) is 0 Å². The van der Waals surface area contributed by atoms with Crippen molar-refractivity contribution in [1.29, 1.82) is 0 Å². The molecule has 1 amide bonds. The van der Waals surface area contributed by atoms with E-state index in [0.29, 0.717) is 6.04 Å². The molecule has 0 saturated carbocycles. The van der Waals surface area contributed by atoms with Crippen LogP contribution in [0.1, 0.15) is 6.42 Å². The van der Waals surface area contributed by atoms with E-state index in [-0.39, 0.29) is 12.5 Å². The number of allylic oxidation sites excluding steroid dienone is 1. The van der Waals surface area contributed by atoms with Gasteiger partial charge in [0.2, 0.25) is 5.91 Å². The van der Waals surface area contributed by atoms with Gasteiger partial charge in [0.15, 0.2) is 0 Å². The van der Waals surface area contributed by atoms with Crippen molar-refractivity contribution in [2.24, 2.45) is 5.73 Å². The number of rotatable bonds is 5. The number of carbonyl (C=O) groups excluding carboxylic acids is 1. The first-order valence-electron chi connectivity index (χ1n) is 5.41. The van der Waals surface area contributed by atoms with Crippen molar-refractivity contribution < 1.29 is 4.79 Å². The van der Waals surface area contributed by atoms with Crippen molar-refractivity contribution in [3.05, 3.63) is 24.0 Å². The summed E-state index contributed by atoms with van der Waals surface area (Å²) in [7, 11) is 4.10. The number of dihydropyridines is 1. The molecule has 5 nitrogen and oxygen atoms in total. The van der Waals surface area contributed by atoms with Crippen LogP contribution in [-0.4, -0.2) is 44.0 Å². The minimum Gasteiger partial charge on any atom is -0.383 e. The molecule has 0 aliphatic carbocycles. The lowest BCUT2D eigenvalue weighted by Gasteiger charge is -2.20. The lowest BCUT2D eigenvalue weighted by atomic mass is 10.1. The summed E-state index contributed by atoms with van der Waals surface area (Å²) in [5.41, 5.74) is 5.97. The number of hydrogen-bond acceptors (Lipinski definition) is 4. The van der Waals surface area contributed by atoms with Crippen LogP contribution in [-0.2, 0) is 4.79 Å². The van der Waals surface area contributed by atoms with Crippen LogP contribution < -0.4 is 16.4 Å². The first kappa shape index (κ1) is 12.7. The van der Waals surface area contributed by atoms with Gasteiger partial charge in [-0.25, -0.2) is 0 Å². The number of carbonyl (C=O) groups is 1. The van der Waals surface area contributed by atoms with Gasteiger partial charge in [-0.3, -0.25) is 4.79 Å². The first-order chi connectivity index (χ1) is 7.61. The Bertz CT molecular complexity index is 296. The Morgan fingerprint density at radius 1 is 1.62 bits per heavy atom. The zero-order chi connectivity index (χ0) is 12.0. The predicted octanol–water partition coefficient (Wildman–Crippen LogP) is -0.618. The highest BCUT2D eigenvalue weighted by atomic mass is 16.1. The third-order valence-electron chi connectivity index (χ3n) is 2.32. The van der Waals surface area contributed by atoms with E-state index >= 15 is 0 Å². The zero-order valence-corrected chi connectivity index (χ0v) is 9.86. The maximum atomic E-state index is 11.0. The Labute approximate surface area is 96.4 Å². The molecule has 0 saturated heterocycles. The number of hydrogen-bond donors (Lipinski definition) is 3. The fourth-order valence-electron chi connectivity index (χ4n) is 1.39. The molecular weight excluding hydrogens is 204 g/mol. The van der Waals surface area contributed by atoms with Gasteiger partial charge in [0.05, 0.1) is 12.2 Å². The highest BCUT2D eigenvalue weighted by Crippen LogP contribution is 2.04. The van der Waals surface area contributed by atoms with E-state index < -0.39 is 0 Å². The maximum absolute atomic E-state index is 11.0. The quantitative estimate of drug-likeness (QED) is 0.582. The molecule has 5 heteroatoms. The van der Waals surface area contributed by atoms with Gasteiger partial charge in [-0.05, 0) is 33.1 Å². The Hall–Kier alpha value is -1.33. The molecule has 1 unspecified atom stereocenters. The van der Waals surface area contributed by atoms with Crippen LogP contribution in [0.25, 0.3) is 0 Å². The van der Waals surface area contributed by atoms with Crippen LogP contribution in [0.5, 0.6) is 0 Å². The van der Waals surface area contributed by atoms with E-state index in [0.717, 1.165) is 18.7 Å². The number of amides is 1. The van der Waals surface area contributed by atoms with Gasteiger partial charge in [0.1, 0.15) is 0 Å². The van der Waals surface area contributed by atoms with E-state index in [4.69, 9.17) is 5.73 Å². The topological polar surface area (TPSA) is 70.4 Å². The van der Waals surface area contributed by atoms with E-state index in [9.17, 15) is 4.79 Å². The van der Waals surface area contributed by atoms with Gasteiger partial charge in [-0.2, -0.15) is 0 Å². The number of nitrogens with one attached hydrogen (secondary N) is 2. The van der Waals surface area contributed by atoms with Crippen molar-refractivity contribution >= 4 is 5.91 Å². The molecule has 1 rings (SSSR count). The van der Waals surface area contributed by atoms with E-state index in [1.54, 1.807) is 0 Å². The second-order valence-corrected chi connectivity index (χ2v) is 4.08. The molecule has 0 fully saturated rings. The maximum Gasteiger partial charge on any atom is 0.238 e. The van der Waals surface area contributed by atoms with Gasteiger partial charge >= 0.3 is 0 Å². The first-order valence-corrected chi connectivity index (χ1v) is 5.41. The third kappa shape index (κ3) is 4.46. The van der Waals surface area contributed by atoms with E-state index in [2.05, 4.69) is 35.7 Å². The van der Waals surface area contributed by atoms with Crippen LogP contribution in [0.4, 0.5) is 0 Å². The molecule has 0 aromatic rings. The average Bonchev–Trinajstić information content (AvgIpc) is 2.28. The van der Waals surface area contributed by atoms with Crippen molar-refractivity contribution in [2.45, 2.75) is 12.5 Å². The van der Waals surface area contributed by atoms with Crippen LogP contribution in [0.15, 0.2) is 24.0 Å². The highest BCUT2D eigenvalue weighted by Gasteiger charge is 2.09. The Morgan fingerprint density at radius 2 is 2.38 bits per heavy atom. The molecule has 1 aliphatic rings. The SMILES string of the molecule is CN(C)CCC1C=CC(NC(=O)CN)=CN1. The summed E-state index contributed by atoms with van der Waals surface area (Å²) in [4.78, 5) is 13.2. The minimum absolute atomic E-state index is 0.00916. The summed E-state index contributed by atoms with van der Waals surface area (Å²) in [6, 6.07) is 0.334. The van der Waals surface area contributed by atoms with Crippen molar-refractivity contribution in [3.8, 4) is 0 Å². The lowest BCUT2D eigenvalue weighted by Crippen LogP contribution is -2.34. The van der Waals surface area contributed by atoms with Crippen LogP contribution in [0.2, 0.25) is 0 Å². The largest absolute Gasteiger partial charge is 0.383 e. The fourth-order valence-corrected chi connectivity index (χ4v) is 1.39. The van der Waals surface area contributed by atoms with Gasteiger partial charge in [0, 0.05) is 12.2 Å². The second-order valence-electron chi connectivity index (χ2n) is 4.08. The summed E-state index contributed by atoms with van der Waals surface area (Å²) in [5.74, 6) is -0.176. The summed E-state index contributed by atoms with van der Waals surface area (Å²) >= 11 is 0. The van der Waals surface area contributed by atoms with Gasteiger partial charge < -0.3 is 21.3 Å². The highest BCUT2D eigenvalue weighted by molar-refractivity contribution is 5.80. The predicted molar refractivity (Wildman–Crippen MR) is 64.5 cm³/mol. The van der Waals surface area contributed by atoms with Gasteiger partial charge in [-0.1, -0.05) is 6.08 Å². The third-order valence-corrected chi connectivity index (χ3v) is 2.32. The van der Waals surface area contributed by atoms with Crippen molar-refractivity contribution in [2.75, 3.05) is 27.2 Å². The van der Waals surface area contributed by atoms with Crippen LogP contribution >= 0.6 is 0 Å². The molecule has 0 radical (unpaired) electrons. The molecule has 16 heavy (non-hydrogen) atoms. The molecule has 90 valence electrons. The minimum atomic E-state index is -0.176. The molecule has 0 spiro atoms. The molecule has 4 N–H and O–H groups in total. The standard InChI is InChI=1S/C11H20N4O/c1-15(2)6-5-9-3-4-10(8-13-9)14-11(16)7-12/h3-4,8-9,13H,5-7,12H2,1-2H3,(H,14,16). The van der Waals surface area contributed by atoms with E-state index in [1.165, 1.54) is 0 Å². The normalized spacial score (nSPS) is 19.2. The molecule has 0 aromatic heterocycles. The van der Waals surface area contributed by atoms with Crippen molar-refractivity contribution in [3.63, 3.8) is 0 Å². The smallest absolute Gasteiger partial charge is 0.238 e. The Morgan fingerprint density at radius 3 is 2.88 bits per heavy atom. The van der Waals surface area contributed by atoms with Gasteiger partial charge in [0.25, 0.3) is 0 Å². The summed E-state index contributed by atoms with van der Waals surface area (Å²) in [6.07, 6.45) is 6.81. The fraction of sp³-hybridized carbons (Fsp3) is 0.545. The number of nitrogens with two attached hydrogens (primary N) is 1. The monoisotopic (exact) mass is 224 g/mol. The van der Waals surface area contributed by atoms with Gasteiger partial charge in [-0.15, -0.1) is 0 Å².